The van der Waals surface area contributed by atoms with Gasteiger partial charge >= 0.3 is 0 Å². The van der Waals surface area contributed by atoms with E-state index in [1.54, 1.807) is 0 Å². The lowest BCUT2D eigenvalue weighted by Gasteiger charge is -2.44. The Morgan fingerprint density at radius 3 is 1.52 bits per heavy atom. The van der Waals surface area contributed by atoms with Gasteiger partial charge in [-0.05, 0) is 20.8 Å². The summed E-state index contributed by atoms with van der Waals surface area (Å²) in [4.78, 5) is 14.4. The summed E-state index contributed by atoms with van der Waals surface area (Å²) in [6.07, 6.45) is 0. The van der Waals surface area contributed by atoms with E-state index < -0.39 is 0 Å². The van der Waals surface area contributed by atoms with E-state index in [0.717, 1.165) is 6.54 Å². The van der Waals surface area contributed by atoms with Gasteiger partial charge in [-0.1, -0.05) is 60.7 Å². The molecule has 2 nitrogen and oxygen atoms in total. The van der Waals surface area contributed by atoms with Crippen molar-refractivity contribution in [3.8, 4) is 0 Å². The van der Waals surface area contributed by atoms with Crippen LogP contribution in [0.15, 0.2) is 60.7 Å². The number of benzene rings is 2. The molecule has 0 bridgehead atoms. The van der Waals surface area contributed by atoms with Crippen molar-refractivity contribution in [3.05, 3.63) is 71.8 Å². The molecule has 0 spiro atoms. The molecule has 1 aliphatic rings. The SMILES string of the molecule is CC[NH+]1[C@@H](c2ccccc2)[C@@H](C)C(=O)[C@H](C)[C@@H]1c1ccccc1. The standard InChI is InChI=1S/C21H25NO/c1-4-22-19(17-11-7-5-8-12-17)15(2)21(23)16(3)20(22)18-13-9-6-10-14-18/h5-16,19-20H,4H2,1-3H3/p+1/t15-,16-,19-,20-/m1/s1. The van der Waals surface area contributed by atoms with Gasteiger partial charge in [0.1, 0.15) is 12.1 Å². The first-order valence-electron chi connectivity index (χ1n) is 8.64. The van der Waals surface area contributed by atoms with Crippen LogP contribution >= 0.6 is 0 Å². The largest absolute Gasteiger partial charge is 0.322 e. The number of hydrogen-bond acceptors (Lipinski definition) is 1. The monoisotopic (exact) mass is 308 g/mol. The van der Waals surface area contributed by atoms with Crippen LogP contribution in [0.3, 0.4) is 0 Å². The predicted molar refractivity (Wildman–Crippen MR) is 93.2 cm³/mol. The zero-order valence-electron chi connectivity index (χ0n) is 14.2. The number of quaternary nitrogens is 1. The first-order chi connectivity index (χ1) is 11.1. The van der Waals surface area contributed by atoms with Gasteiger partial charge in [0.25, 0.3) is 0 Å². The number of carbonyl (C=O) groups excluding carboxylic acids is 1. The minimum atomic E-state index is 0.0577. The topological polar surface area (TPSA) is 21.5 Å². The van der Waals surface area contributed by atoms with Crippen LogP contribution < -0.4 is 4.90 Å². The van der Waals surface area contributed by atoms with Crippen molar-refractivity contribution in [1.82, 2.24) is 0 Å². The van der Waals surface area contributed by atoms with Gasteiger partial charge < -0.3 is 4.90 Å². The molecule has 1 N–H and O–H groups in total. The molecule has 0 aliphatic carbocycles. The summed E-state index contributed by atoms with van der Waals surface area (Å²) in [5, 5.41) is 0. The molecule has 1 heterocycles. The number of hydrogen-bond donors (Lipinski definition) is 1. The minimum absolute atomic E-state index is 0.0577. The van der Waals surface area contributed by atoms with Gasteiger partial charge in [0.2, 0.25) is 0 Å². The summed E-state index contributed by atoms with van der Waals surface area (Å²) in [6.45, 7) is 7.46. The highest BCUT2D eigenvalue weighted by molar-refractivity contribution is 5.84. The second-order valence-corrected chi connectivity index (χ2v) is 6.68. The van der Waals surface area contributed by atoms with Crippen molar-refractivity contribution in [2.24, 2.45) is 11.8 Å². The highest BCUT2D eigenvalue weighted by Crippen LogP contribution is 2.34. The molecular formula is C21H26NO+. The lowest BCUT2D eigenvalue weighted by molar-refractivity contribution is -0.969. The zero-order valence-corrected chi connectivity index (χ0v) is 14.2. The van der Waals surface area contributed by atoms with E-state index in [2.05, 4.69) is 69.3 Å². The molecule has 2 aromatic rings. The fourth-order valence-corrected chi connectivity index (χ4v) is 4.34. The van der Waals surface area contributed by atoms with Gasteiger partial charge in [0, 0.05) is 11.1 Å². The number of rotatable bonds is 3. The molecule has 120 valence electrons. The summed E-state index contributed by atoms with van der Waals surface area (Å²) in [5.41, 5.74) is 2.55. The van der Waals surface area contributed by atoms with E-state index >= 15 is 0 Å². The second kappa shape index (κ2) is 6.67. The maximum absolute atomic E-state index is 12.9. The third-order valence-corrected chi connectivity index (χ3v) is 5.42. The van der Waals surface area contributed by atoms with Gasteiger partial charge in [0.15, 0.2) is 5.78 Å². The second-order valence-electron chi connectivity index (χ2n) is 6.68. The lowest BCUT2D eigenvalue weighted by atomic mass is 9.74. The number of Topliss-reactive ketones (excluding diaryl/α,β-unsaturated/α-hetero) is 1. The van der Waals surface area contributed by atoms with E-state index in [1.807, 2.05) is 12.1 Å². The fraction of sp³-hybridized carbons (Fsp3) is 0.381. The molecule has 1 saturated heterocycles. The molecule has 0 radical (unpaired) electrons. The molecule has 3 rings (SSSR count). The summed E-state index contributed by atoms with van der Waals surface area (Å²) < 4.78 is 0. The van der Waals surface area contributed by atoms with Gasteiger partial charge in [-0.25, -0.2) is 0 Å². The van der Waals surface area contributed by atoms with Crippen LogP contribution in [-0.2, 0) is 4.79 Å². The number of piperidine rings is 1. The number of ketones is 1. The zero-order chi connectivity index (χ0) is 16.4. The Hall–Kier alpha value is -1.93. The van der Waals surface area contributed by atoms with Crippen LogP contribution in [0, 0.1) is 11.8 Å². The third-order valence-electron chi connectivity index (χ3n) is 5.42. The van der Waals surface area contributed by atoms with Crippen molar-refractivity contribution in [3.63, 3.8) is 0 Å². The van der Waals surface area contributed by atoms with Crippen molar-refractivity contribution >= 4 is 5.78 Å². The van der Waals surface area contributed by atoms with E-state index in [9.17, 15) is 4.79 Å². The van der Waals surface area contributed by atoms with Crippen LogP contribution in [0.5, 0.6) is 0 Å². The predicted octanol–water partition coefficient (Wildman–Crippen LogP) is 3.23. The summed E-state index contributed by atoms with van der Waals surface area (Å²) in [6, 6.07) is 21.5. The van der Waals surface area contributed by atoms with Gasteiger partial charge in [-0.3, -0.25) is 4.79 Å². The molecule has 0 aromatic heterocycles. The molecule has 2 heteroatoms. The van der Waals surface area contributed by atoms with Gasteiger partial charge in [-0.15, -0.1) is 0 Å². The summed E-state index contributed by atoms with van der Waals surface area (Å²) >= 11 is 0. The molecule has 2 aromatic carbocycles. The molecule has 4 atom stereocenters. The van der Waals surface area contributed by atoms with Crippen LogP contribution in [0.1, 0.15) is 44.0 Å². The smallest absolute Gasteiger partial charge is 0.151 e. The number of carbonyl (C=O) groups is 1. The van der Waals surface area contributed by atoms with Crippen molar-refractivity contribution in [2.45, 2.75) is 32.9 Å². The van der Waals surface area contributed by atoms with Crippen LogP contribution in [-0.4, -0.2) is 12.3 Å². The van der Waals surface area contributed by atoms with Gasteiger partial charge in [-0.2, -0.15) is 0 Å². The Morgan fingerprint density at radius 2 is 1.17 bits per heavy atom. The maximum Gasteiger partial charge on any atom is 0.151 e. The highest BCUT2D eigenvalue weighted by Gasteiger charge is 2.48. The normalized spacial score (nSPS) is 31.1. The molecule has 0 saturated carbocycles. The molecule has 1 aliphatic heterocycles. The molecular weight excluding hydrogens is 282 g/mol. The summed E-state index contributed by atoms with van der Waals surface area (Å²) in [5.74, 6) is 0.509. The van der Waals surface area contributed by atoms with Crippen molar-refractivity contribution in [1.29, 1.82) is 0 Å². The number of likely N-dealkylation sites (tertiary alicyclic amines) is 1. The van der Waals surface area contributed by atoms with Gasteiger partial charge in [0.05, 0.1) is 18.4 Å². The van der Waals surface area contributed by atoms with E-state index in [-0.39, 0.29) is 23.9 Å². The van der Waals surface area contributed by atoms with Crippen molar-refractivity contribution in [2.75, 3.05) is 6.54 Å². The van der Waals surface area contributed by atoms with Crippen molar-refractivity contribution < 1.29 is 9.69 Å². The average Bonchev–Trinajstić information content (AvgIpc) is 2.61. The maximum atomic E-state index is 12.9. The minimum Gasteiger partial charge on any atom is -0.322 e. The highest BCUT2D eigenvalue weighted by atomic mass is 16.1. The van der Waals surface area contributed by atoms with Crippen LogP contribution in [0.25, 0.3) is 0 Å². The van der Waals surface area contributed by atoms with Crippen LogP contribution in [0.2, 0.25) is 0 Å². The fourth-order valence-electron chi connectivity index (χ4n) is 4.34. The summed E-state index contributed by atoms with van der Waals surface area (Å²) in [7, 11) is 0. The Balaban J connectivity index is 2.07. The Morgan fingerprint density at radius 1 is 0.783 bits per heavy atom. The molecule has 0 unspecified atom stereocenters. The molecule has 1 fully saturated rings. The Bertz CT molecular complexity index is 597. The lowest BCUT2D eigenvalue weighted by Crippen LogP contribution is -3.15. The number of nitrogens with one attached hydrogen (secondary N) is 1. The molecule has 0 amide bonds. The van der Waals surface area contributed by atoms with E-state index in [0.29, 0.717) is 5.78 Å². The molecule has 23 heavy (non-hydrogen) atoms. The van der Waals surface area contributed by atoms with Crippen LogP contribution in [0.4, 0.5) is 0 Å². The first kappa shape index (κ1) is 15.9. The third kappa shape index (κ3) is 2.84. The van der Waals surface area contributed by atoms with E-state index in [1.165, 1.54) is 16.0 Å². The first-order valence-corrected chi connectivity index (χ1v) is 8.64. The average molecular weight is 308 g/mol. The Labute approximate surface area is 139 Å². The van der Waals surface area contributed by atoms with E-state index in [4.69, 9.17) is 0 Å². The quantitative estimate of drug-likeness (QED) is 0.923. The Kier molecular flexibility index (Phi) is 4.63.